The molecule has 7 heteroatoms. The normalized spacial score (nSPS) is 14.5. The molecule has 31 heavy (non-hydrogen) atoms. The van der Waals surface area contributed by atoms with E-state index in [9.17, 15) is 9.59 Å². The number of nitrogens with one attached hydrogen (secondary N) is 1. The molecular weight excluding hydrogens is 396 g/mol. The van der Waals surface area contributed by atoms with Crippen molar-refractivity contribution in [2.45, 2.75) is 38.6 Å². The molecule has 0 unspecified atom stereocenters. The van der Waals surface area contributed by atoms with Crippen LogP contribution in [0.5, 0.6) is 11.5 Å². The minimum Gasteiger partial charge on any atom is -0.493 e. The van der Waals surface area contributed by atoms with E-state index in [0.29, 0.717) is 30.9 Å². The Morgan fingerprint density at radius 2 is 1.81 bits per heavy atom. The zero-order chi connectivity index (χ0) is 22.4. The minimum absolute atomic E-state index is 0.00554. The number of benzene rings is 2. The first-order valence-electron chi connectivity index (χ1n) is 10.4. The average Bonchev–Trinajstić information content (AvgIpc) is 2.77. The first kappa shape index (κ1) is 22.5. The molecule has 0 radical (unpaired) electrons. The number of carbonyl (C=O) groups excluding carboxylic acids is 2. The van der Waals surface area contributed by atoms with E-state index in [2.05, 4.69) is 5.32 Å². The Kier molecular flexibility index (Phi) is 7.05. The van der Waals surface area contributed by atoms with Crippen LogP contribution >= 0.6 is 0 Å². The molecule has 1 N–H and O–H groups in total. The SMILES string of the molecule is COc1ccc(CCC(=O)OCCCN2C(=O)C(C)(C)Nc3ccccc32)cc1OC. The maximum absolute atomic E-state index is 12.8. The summed E-state index contributed by atoms with van der Waals surface area (Å²) < 4.78 is 15.9. The first-order valence-corrected chi connectivity index (χ1v) is 10.4. The molecule has 1 heterocycles. The largest absolute Gasteiger partial charge is 0.493 e. The van der Waals surface area contributed by atoms with Crippen molar-refractivity contribution in [1.82, 2.24) is 0 Å². The van der Waals surface area contributed by atoms with E-state index in [1.54, 1.807) is 19.1 Å². The summed E-state index contributed by atoms with van der Waals surface area (Å²) in [5.41, 5.74) is 2.08. The number of hydrogen-bond acceptors (Lipinski definition) is 6. The number of rotatable bonds is 9. The summed E-state index contributed by atoms with van der Waals surface area (Å²) in [6, 6.07) is 13.3. The van der Waals surface area contributed by atoms with Crippen molar-refractivity contribution in [3.63, 3.8) is 0 Å². The summed E-state index contributed by atoms with van der Waals surface area (Å²) in [6.07, 6.45) is 1.40. The van der Waals surface area contributed by atoms with Crippen molar-refractivity contribution < 1.29 is 23.8 Å². The summed E-state index contributed by atoms with van der Waals surface area (Å²) >= 11 is 0. The van der Waals surface area contributed by atoms with Crippen molar-refractivity contribution in [3.05, 3.63) is 48.0 Å². The molecule has 1 amide bonds. The van der Waals surface area contributed by atoms with Crippen LogP contribution in [-0.4, -0.2) is 44.8 Å². The third-order valence-electron chi connectivity index (χ3n) is 5.28. The van der Waals surface area contributed by atoms with E-state index in [1.165, 1.54) is 0 Å². The van der Waals surface area contributed by atoms with Crippen molar-refractivity contribution in [2.24, 2.45) is 0 Å². The predicted octanol–water partition coefficient (Wildman–Crippen LogP) is 3.81. The van der Waals surface area contributed by atoms with Gasteiger partial charge in [-0.15, -0.1) is 0 Å². The number of fused-ring (bicyclic) bond motifs is 1. The zero-order valence-electron chi connectivity index (χ0n) is 18.6. The number of hydrogen-bond donors (Lipinski definition) is 1. The van der Waals surface area contributed by atoms with Crippen molar-refractivity contribution in [2.75, 3.05) is 37.6 Å². The van der Waals surface area contributed by atoms with E-state index in [0.717, 1.165) is 16.9 Å². The fourth-order valence-electron chi connectivity index (χ4n) is 3.64. The molecule has 3 rings (SSSR count). The lowest BCUT2D eigenvalue weighted by Gasteiger charge is -2.40. The van der Waals surface area contributed by atoms with Crippen LogP contribution in [0.2, 0.25) is 0 Å². The topological polar surface area (TPSA) is 77.1 Å². The number of anilines is 2. The number of para-hydroxylation sites is 2. The highest BCUT2D eigenvalue weighted by Gasteiger charge is 2.38. The van der Waals surface area contributed by atoms with Gasteiger partial charge in [-0.25, -0.2) is 0 Å². The van der Waals surface area contributed by atoms with Crippen LogP contribution in [0.1, 0.15) is 32.3 Å². The zero-order valence-corrected chi connectivity index (χ0v) is 18.6. The molecule has 0 aliphatic carbocycles. The average molecular weight is 427 g/mol. The Morgan fingerprint density at radius 1 is 1.06 bits per heavy atom. The highest BCUT2D eigenvalue weighted by Crippen LogP contribution is 2.35. The number of nitrogens with zero attached hydrogens (tertiary/aromatic N) is 1. The summed E-state index contributed by atoms with van der Waals surface area (Å²) in [7, 11) is 3.17. The molecule has 2 aromatic carbocycles. The second-order valence-corrected chi connectivity index (χ2v) is 7.99. The van der Waals surface area contributed by atoms with Crippen molar-refractivity contribution >= 4 is 23.3 Å². The Balaban J connectivity index is 1.47. The number of methoxy groups -OCH3 is 2. The Labute approximate surface area is 183 Å². The molecule has 7 nitrogen and oxygen atoms in total. The molecule has 0 spiro atoms. The molecule has 0 fully saturated rings. The lowest BCUT2D eigenvalue weighted by molar-refractivity contribution is -0.143. The van der Waals surface area contributed by atoms with Crippen LogP contribution in [0.3, 0.4) is 0 Å². The molecule has 1 aliphatic heterocycles. The fourth-order valence-corrected chi connectivity index (χ4v) is 3.64. The number of aryl methyl sites for hydroxylation is 1. The number of esters is 1. The monoisotopic (exact) mass is 426 g/mol. The first-order chi connectivity index (χ1) is 14.9. The van der Waals surface area contributed by atoms with E-state index in [1.807, 2.05) is 56.3 Å². The van der Waals surface area contributed by atoms with Gasteiger partial charge in [0.1, 0.15) is 5.54 Å². The van der Waals surface area contributed by atoms with Gasteiger partial charge >= 0.3 is 5.97 Å². The Bertz CT molecular complexity index is 941. The Morgan fingerprint density at radius 3 is 2.55 bits per heavy atom. The predicted molar refractivity (Wildman–Crippen MR) is 120 cm³/mol. The van der Waals surface area contributed by atoms with Gasteiger partial charge in [0.25, 0.3) is 5.91 Å². The van der Waals surface area contributed by atoms with Crippen LogP contribution in [0.15, 0.2) is 42.5 Å². The van der Waals surface area contributed by atoms with Gasteiger partial charge in [0, 0.05) is 13.0 Å². The summed E-state index contributed by atoms with van der Waals surface area (Å²) in [5, 5.41) is 3.28. The van der Waals surface area contributed by atoms with E-state index in [4.69, 9.17) is 14.2 Å². The molecule has 1 aliphatic rings. The smallest absolute Gasteiger partial charge is 0.306 e. The van der Waals surface area contributed by atoms with Gasteiger partial charge < -0.3 is 24.4 Å². The van der Waals surface area contributed by atoms with E-state index in [-0.39, 0.29) is 24.9 Å². The van der Waals surface area contributed by atoms with E-state index < -0.39 is 5.54 Å². The highest BCUT2D eigenvalue weighted by atomic mass is 16.5. The highest BCUT2D eigenvalue weighted by molar-refractivity contribution is 6.07. The molecule has 0 saturated heterocycles. The minimum atomic E-state index is -0.676. The maximum Gasteiger partial charge on any atom is 0.306 e. The van der Waals surface area contributed by atoms with Gasteiger partial charge in [-0.05, 0) is 56.5 Å². The number of ether oxygens (including phenoxy) is 3. The lowest BCUT2D eigenvalue weighted by atomic mass is 9.98. The molecule has 0 aromatic heterocycles. The Hall–Kier alpha value is -3.22. The van der Waals surface area contributed by atoms with Crippen LogP contribution in [0.25, 0.3) is 0 Å². The number of carbonyl (C=O) groups is 2. The molecule has 0 saturated carbocycles. The summed E-state index contributed by atoms with van der Waals surface area (Å²) in [5.74, 6) is 1.03. The third kappa shape index (κ3) is 5.29. The second-order valence-electron chi connectivity index (χ2n) is 7.99. The van der Waals surface area contributed by atoms with Gasteiger partial charge in [-0.1, -0.05) is 18.2 Å². The van der Waals surface area contributed by atoms with Crippen molar-refractivity contribution in [3.8, 4) is 11.5 Å². The standard InChI is InChI=1S/C24H30N2O5/c1-24(2)23(28)26(19-9-6-5-8-18(19)25-24)14-7-15-31-22(27)13-11-17-10-12-20(29-3)21(16-17)30-4/h5-6,8-10,12,16,25H,7,11,13-15H2,1-4H3. The summed E-state index contributed by atoms with van der Waals surface area (Å²) in [6.45, 7) is 4.49. The fraction of sp³-hybridized carbons (Fsp3) is 0.417. The van der Waals surface area contributed by atoms with Gasteiger partial charge in [0.2, 0.25) is 0 Å². The lowest BCUT2D eigenvalue weighted by Crippen LogP contribution is -2.54. The van der Waals surface area contributed by atoms with Gasteiger partial charge in [0.05, 0.1) is 32.2 Å². The van der Waals surface area contributed by atoms with E-state index >= 15 is 0 Å². The molecule has 0 bridgehead atoms. The van der Waals surface area contributed by atoms with Gasteiger partial charge in [-0.3, -0.25) is 9.59 Å². The maximum atomic E-state index is 12.8. The second kappa shape index (κ2) is 9.73. The van der Waals surface area contributed by atoms with Crippen molar-refractivity contribution in [1.29, 1.82) is 0 Å². The number of amides is 1. The molecular formula is C24H30N2O5. The van der Waals surface area contributed by atoms with Crippen LogP contribution in [0, 0.1) is 0 Å². The molecule has 166 valence electrons. The quantitative estimate of drug-likeness (QED) is 0.485. The van der Waals surface area contributed by atoms with Crippen LogP contribution < -0.4 is 19.7 Å². The van der Waals surface area contributed by atoms with Gasteiger partial charge in [0.15, 0.2) is 11.5 Å². The van der Waals surface area contributed by atoms with Gasteiger partial charge in [-0.2, -0.15) is 0 Å². The molecule has 2 aromatic rings. The molecule has 0 atom stereocenters. The third-order valence-corrected chi connectivity index (χ3v) is 5.28. The van der Waals surface area contributed by atoms with Crippen LogP contribution in [-0.2, 0) is 20.7 Å². The van der Waals surface area contributed by atoms with Crippen LogP contribution in [0.4, 0.5) is 11.4 Å². The summed E-state index contributed by atoms with van der Waals surface area (Å²) in [4.78, 5) is 26.7.